The van der Waals surface area contributed by atoms with Crippen LogP contribution in [0.2, 0.25) is 0 Å². The fraction of sp³-hybridized carbons (Fsp3) is 0.0952. The molecular formula is C21H19N3O5S. The molecule has 154 valence electrons. The molecule has 0 bridgehead atoms. The van der Waals surface area contributed by atoms with E-state index in [1.54, 1.807) is 0 Å². The van der Waals surface area contributed by atoms with Gasteiger partial charge in [-0.1, -0.05) is 25.1 Å². The maximum Gasteiger partial charge on any atom is 0.270 e. The molecule has 0 unspecified atom stereocenters. The first-order chi connectivity index (χ1) is 14.3. The van der Waals surface area contributed by atoms with Crippen molar-refractivity contribution in [2.75, 3.05) is 10.0 Å². The highest BCUT2D eigenvalue weighted by Crippen LogP contribution is 2.21. The summed E-state index contributed by atoms with van der Waals surface area (Å²) < 4.78 is 27.3. The summed E-state index contributed by atoms with van der Waals surface area (Å²) in [6, 6.07) is 18.1. The highest BCUT2D eigenvalue weighted by Gasteiger charge is 2.18. The fourth-order valence-corrected chi connectivity index (χ4v) is 3.79. The van der Waals surface area contributed by atoms with E-state index >= 15 is 0 Å². The summed E-state index contributed by atoms with van der Waals surface area (Å²) in [6.45, 7) is 2.04. The monoisotopic (exact) mass is 425 g/mol. The van der Waals surface area contributed by atoms with E-state index in [0.29, 0.717) is 11.3 Å². The van der Waals surface area contributed by atoms with Crippen molar-refractivity contribution in [3.05, 3.63) is 94.0 Å². The van der Waals surface area contributed by atoms with E-state index in [9.17, 15) is 23.3 Å². The second-order valence-electron chi connectivity index (χ2n) is 6.44. The fourth-order valence-electron chi connectivity index (χ4n) is 2.69. The summed E-state index contributed by atoms with van der Waals surface area (Å²) in [5.41, 5.74) is 2.08. The number of non-ortho nitro benzene ring substituents is 1. The average Bonchev–Trinajstić information content (AvgIpc) is 2.74. The minimum Gasteiger partial charge on any atom is -0.322 e. The highest BCUT2D eigenvalue weighted by molar-refractivity contribution is 7.92. The van der Waals surface area contributed by atoms with Crippen molar-refractivity contribution in [1.82, 2.24) is 0 Å². The smallest absolute Gasteiger partial charge is 0.270 e. The van der Waals surface area contributed by atoms with Crippen molar-refractivity contribution in [2.24, 2.45) is 0 Å². The minimum atomic E-state index is -4.01. The van der Waals surface area contributed by atoms with Gasteiger partial charge in [0.2, 0.25) is 0 Å². The van der Waals surface area contributed by atoms with Gasteiger partial charge in [-0.05, 0) is 54.4 Å². The molecule has 8 nitrogen and oxygen atoms in total. The standard InChI is InChI=1S/C21H19N3O5S/c1-2-15-6-10-17(11-7-15)22-21(25)16-8-12-18(13-9-16)23-30(28,29)20-5-3-4-19(14-20)24(26)27/h3-14,23H,2H2,1H3,(H,22,25). The van der Waals surface area contributed by atoms with Gasteiger partial charge in [0, 0.05) is 29.1 Å². The lowest BCUT2D eigenvalue weighted by Crippen LogP contribution is -2.14. The molecule has 3 aromatic rings. The summed E-state index contributed by atoms with van der Waals surface area (Å²) in [4.78, 5) is 22.3. The van der Waals surface area contributed by atoms with Gasteiger partial charge < -0.3 is 5.32 Å². The zero-order valence-electron chi connectivity index (χ0n) is 16.0. The SMILES string of the molecule is CCc1ccc(NC(=O)c2ccc(NS(=O)(=O)c3cccc([N+](=O)[O-])c3)cc2)cc1. The Hall–Kier alpha value is -3.72. The molecule has 3 aromatic carbocycles. The topological polar surface area (TPSA) is 118 Å². The molecule has 0 atom stereocenters. The van der Waals surface area contributed by atoms with Gasteiger partial charge in [0.05, 0.1) is 9.82 Å². The largest absolute Gasteiger partial charge is 0.322 e. The van der Waals surface area contributed by atoms with Crippen LogP contribution < -0.4 is 10.0 Å². The Bertz CT molecular complexity index is 1170. The van der Waals surface area contributed by atoms with Gasteiger partial charge in [-0.2, -0.15) is 0 Å². The number of anilines is 2. The second kappa shape index (κ2) is 8.75. The normalized spacial score (nSPS) is 11.0. The van der Waals surface area contributed by atoms with Gasteiger partial charge in [0.1, 0.15) is 0 Å². The van der Waals surface area contributed by atoms with Gasteiger partial charge in [0.15, 0.2) is 0 Å². The number of sulfonamides is 1. The van der Waals surface area contributed by atoms with E-state index in [1.807, 2.05) is 31.2 Å². The van der Waals surface area contributed by atoms with Crippen LogP contribution in [0.4, 0.5) is 17.1 Å². The number of aryl methyl sites for hydroxylation is 1. The summed E-state index contributed by atoms with van der Waals surface area (Å²) >= 11 is 0. The molecule has 0 aliphatic carbocycles. The molecule has 9 heteroatoms. The van der Waals surface area contributed by atoms with E-state index in [0.717, 1.165) is 18.1 Å². The number of hydrogen-bond acceptors (Lipinski definition) is 5. The maximum atomic E-state index is 12.5. The third kappa shape index (κ3) is 5.00. The van der Waals surface area contributed by atoms with Crippen LogP contribution in [0.5, 0.6) is 0 Å². The first-order valence-electron chi connectivity index (χ1n) is 9.06. The third-order valence-electron chi connectivity index (χ3n) is 4.36. The molecule has 0 spiro atoms. The molecule has 2 N–H and O–H groups in total. The molecule has 0 aliphatic heterocycles. The lowest BCUT2D eigenvalue weighted by molar-refractivity contribution is -0.385. The molecule has 0 saturated heterocycles. The Kier molecular flexibility index (Phi) is 6.12. The van der Waals surface area contributed by atoms with Gasteiger partial charge in [0.25, 0.3) is 21.6 Å². The number of nitro benzene ring substituents is 1. The number of nitrogens with one attached hydrogen (secondary N) is 2. The van der Waals surface area contributed by atoms with Crippen LogP contribution in [0.1, 0.15) is 22.8 Å². The van der Waals surface area contributed by atoms with Crippen molar-refractivity contribution in [1.29, 1.82) is 0 Å². The van der Waals surface area contributed by atoms with E-state index in [2.05, 4.69) is 10.0 Å². The van der Waals surface area contributed by atoms with Gasteiger partial charge in [-0.15, -0.1) is 0 Å². The Labute approximate surface area is 173 Å². The quantitative estimate of drug-likeness (QED) is 0.434. The molecule has 0 aliphatic rings. The van der Waals surface area contributed by atoms with E-state index in [4.69, 9.17) is 0 Å². The number of nitro groups is 1. The number of benzene rings is 3. The first-order valence-corrected chi connectivity index (χ1v) is 10.5. The van der Waals surface area contributed by atoms with Crippen LogP contribution in [0, 0.1) is 10.1 Å². The van der Waals surface area contributed by atoms with Crippen LogP contribution in [-0.4, -0.2) is 19.2 Å². The number of carbonyl (C=O) groups is 1. The molecule has 0 radical (unpaired) electrons. The molecule has 0 aromatic heterocycles. The van der Waals surface area contributed by atoms with Crippen LogP contribution in [0.25, 0.3) is 0 Å². The molecule has 0 fully saturated rings. The Balaban J connectivity index is 1.71. The van der Waals surface area contributed by atoms with Gasteiger partial charge in [-0.3, -0.25) is 19.6 Å². The molecule has 0 heterocycles. The van der Waals surface area contributed by atoms with Crippen molar-refractivity contribution in [3.63, 3.8) is 0 Å². The van der Waals surface area contributed by atoms with Crippen LogP contribution in [0.3, 0.4) is 0 Å². The third-order valence-corrected chi connectivity index (χ3v) is 5.74. The summed E-state index contributed by atoms with van der Waals surface area (Å²) in [5.74, 6) is -0.327. The van der Waals surface area contributed by atoms with Crippen molar-refractivity contribution >= 4 is 33.0 Å². The lowest BCUT2D eigenvalue weighted by Gasteiger charge is -2.09. The van der Waals surface area contributed by atoms with Crippen molar-refractivity contribution in [2.45, 2.75) is 18.2 Å². The van der Waals surface area contributed by atoms with E-state index < -0.39 is 14.9 Å². The predicted molar refractivity (Wildman–Crippen MR) is 114 cm³/mol. The van der Waals surface area contributed by atoms with Crippen LogP contribution >= 0.6 is 0 Å². The number of hydrogen-bond donors (Lipinski definition) is 2. The summed E-state index contributed by atoms with van der Waals surface area (Å²) in [5, 5.41) is 13.6. The Morgan fingerprint density at radius 2 is 1.60 bits per heavy atom. The van der Waals surface area contributed by atoms with E-state index in [1.165, 1.54) is 42.5 Å². The highest BCUT2D eigenvalue weighted by atomic mass is 32.2. The van der Waals surface area contributed by atoms with Gasteiger partial charge in [-0.25, -0.2) is 8.42 Å². The zero-order valence-corrected chi connectivity index (χ0v) is 16.8. The van der Waals surface area contributed by atoms with E-state index in [-0.39, 0.29) is 22.2 Å². The number of rotatable bonds is 7. The van der Waals surface area contributed by atoms with Crippen molar-refractivity contribution < 1.29 is 18.1 Å². The molecule has 3 rings (SSSR count). The maximum absolute atomic E-state index is 12.5. The van der Waals surface area contributed by atoms with Gasteiger partial charge >= 0.3 is 0 Å². The predicted octanol–water partition coefficient (Wildman–Crippen LogP) is 4.21. The molecular weight excluding hydrogens is 406 g/mol. The van der Waals surface area contributed by atoms with Crippen LogP contribution in [-0.2, 0) is 16.4 Å². The number of amides is 1. The van der Waals surface area contributed by atoms with Crippen molar-refractivity contribution in [3.8, 4) is 0 Å². The second-order valence-corrected chi connectivity index (χ2v) is 8.12. The summed E-state index contributed by atoms with van der Waals surface area (Å²) in [6.07, 6.45) is 0.905. The molecule has 1 amide bonds. The summed E-state index contributed by atoms with van der Waals surface area (Å²) in [7, 11) is -4.01. The van der Waals surface area contributed by atoms with Crippen LogP contribution in [0.15, 0.2) is 77.7 Å². The average molecular weight is 425 g/mol. The lowest BCUT2D eigenvalue weighted by atomic mass is 10.1. The Morgan fingerprint density at radius 1 is 0.967 bits per heavy atom. The molecule has 0 saturated carbocycles. The Morgan fingerprint density at radius 3 is 2.20 bits per heavy atom. The zero-order chi connectivity index (χ0) is 21.7. The number of carbonyl (C=O) groups excluding carboxylic acids is 1. The number of nitrogens with zero attached hydrogens (tertiary/aromatic N) is 1. The first kappa shape index (κ1) is 21.0. The minimum absolute atomic E-state index is 0.227. The molecule has 30 heavy (non-hydrogen) atoms.